The highest BCUT2D eigenvalue weighted by Crippen LogP contribution is 2.35. The summed E-state index contributed by atoms with van der Waals surface area (Å²) in [6.45, 7) is 5.39. The average Bonchev–Trinajstić information content (AvgIpc) is 2.92. The van der Waals surface area contributed by atoms with Crippen LogP contribution in [-0.2, 0) is 16.4 Å². The van der Waals surface area contributed by atoms with Crippen molar-refractivity contribution < 1.29 is 13.2 Å². The molecule has 0 unspecified atom stereocenters. The third-order valence-corrected chi connectivity index (χ3v) is 6.72. The van der Waals surface area contributed by atoms with Gasteiger partial charge in [-0.3, -0.25) is 9.10 Å². The quantitative estimate of drug-likeness (QED) is 0.855. The minimum absolute atomic E-state index is 0.0505. The van der Waals surface area contributed by atoms with Gasteiger partial charge in [0.1, 0.15) is 0 Å². The summed E-state index contributed by atoms with van der Waals surface area (Å²) in [6.07, 6.45) is 0.593. The smallest absolute Gasteiger partial charge is 0.255 e. The fourth-order valence-electron chi connectivity index (χ4n) is 3.27. The number of carbonyl (C=O) groups is 1. The number of aryl methyl sites for hydroxylation is 1. The minimum Gasteiger partial charge on any atom is -0.322 e. The van der Waals surface area contributed by atoms with E-state index in [0.29, 0.717) is 28.4 Å². The highest BCUT2D eigenvalue weighted by Gasteiger charge is 2.34. The van der Waals surface area contributed by atoms with Gasteiger partial charge in [0.15, 0.2) is 0 Å². The summed E-state index contributed by atoms with van der Waals surface area (Å²) in [4.78, 5) is 12.6. The normalized spacial score (nSPS) is 16.5. The highest BCUT2D eigenvalue weighted by atomic mass is 35.5. The number of nitrogens with one attached hydrogen (secondary N) is 1. The van der Waals surface area contributed by atoms with Crippen LogP contribution in [0.15, 0.2) is 36.4 Å². The van der Waals surface area contributed by atoms with Crippen molar-refractivity contribution in [2.45, 2.75) is 33.2 Å². The zero-order valence-electron chi connectivity index (χ0n) is 14.9. The maximum Gasteiger partial charge on any atom is 0.255 e. The van der Waals surface area contributed by atoms with Crippen LogP contribution in [0.4, 0.5) is 11.4 Å². The van der Waals surface area contributed by atoms with Gasteiger partial charge in [-0.15, -0.1) is 0 Å². The van der Waals surface area contributed by atoms with Gasteiger partial charge in [-0.2, -0.15) is 0 Å². The molecule has 0 saturated carbocycles. The molecule has 0 aliphatic carbocycles. The molecule has 1 aliphatic heterocycles. The Hall–Kier alpha value is -2.05. The first-order chi connectivity index (χ1) is 12.2. The zero-order chi connectivity index (χ0) is 19.1. The van der Waals surface area contributed by atoms with Crippen molar-refractivity contribution in [1.29, 1.82) is 0 Å². The van der Waals surface area contributed by atoms with E-state index in [1.54, 1.807) is 43.3 Å². The Bertz CT molecular complexity index is 973. The topological polar surface area (TPSA) is 66.5 Å². The predicted molar refractivity (Wildman–Crippen MR) is 106 cm³/mol. The van der Waals surface area contributed by atoms with Gasteiger partial charge in [0, 0.05) is 22.3 Å². The summed E-state index contributed by atoms with van der Waals surface area (Å²) in [6, 6.07) is 10.3. The number of benzene rings is 2. The molecule has 0 bridgehead atoms. The second kappa shape index (κ2) is 6.93. The standard InChI is InChI=1S/C19H21ClN2O3S/c1-4-26(24,25)22-13(3)10-15-11-14(5-8-18(15)22)19(23)21-17-7-6-16(20)9-12(17)2/h5-9,11,13H,4,10H2,1-3H3,(H,21,23)/t13-/m1/s1. The number of hydrogen-bond acceptors (Lipinski definition) is 3. The van der Waals surface area contributed by atoms with Crippen LogP contribution in [0.2, 0.25) is 5.02 Å². The van der Waals surface area contributed by atoms with Gasteiger partial charge in [0.25, 0.3) is 5.91 Å². The van der Waals surface area contributed by atoms with Crippen LogP contribution < -0.4 is 9.62 Å². The molecule has 0 spiro atoms. The van der Waals surface area contributed by atoms with Crippen LogP contribution >= 0.6 is 11.6 Å². The Morgan fingerprint density at radius 2 is 2.00 bits per heavy atom. The number of fused-ring (bicyclic) bond motifs is 1. The average molecular weight is 393 g/mol. The Morgan fingerprint density at radius 3 is 2.65 bits per heavy atom. The summed E-state index contributed by atoms with van der Waals surface area (Å²) in [7, 11) is -3.33. The molecule has 5 nitrogen and oxygen atoms in total. The Morgan fingerprint density at radius 1 is 1.27 bits per heavy atom. The molecule has 2 aromatic carbocycles. The van der Waals surface area contributed by atoms with Crippen LogP contribution in [0, 0.1) is 6.92 Å². The third-order valence-electron chi connectivity index (χ3n) is 4.60. The van der Waals surface area contributed by atoms with Crippen molar-refractivity contribution in [2.75, 3.05) is 15.4 Å². The maximum atomic E-state index is 12.6. The first-order valence-corrected chi connectivity index (χ1v) is 10.4. The maximum absolute atomic E-state index is 12.6. The molecule has 1 heterocycles. The largest absolute Gasteiger partial charge is 0.322 e. The van der Waals surface area contributed by atoms with Crippen LogP contribution in [0.1, 0.15) is 35.3 Å². The number of hydrogen-bond donors (Lipinski definition) is 1. The SMILES string of the molecule is CCS(=O)(=O)N1c2ccc(C(=O)Nc3ccc(Cl)cc3C)cc2C[C@H]1C. The van der Waals surface area contributed by atoms with Gasteiger partial charge >= 0.3 is 0 Å². The molecule has 1 atom stereocenters. The number of nitrogens with zero attached hydrogens (tertiary/aromatic N) is 1. The number of amides is 1. The minimum atomic E-state index is -3.33. The van der Waals surface area contributed by atoms with Crippen molar-refractivity contribution in [3.63, 3.8) is 0 Å². The van der Waals surface area contributed by atoms with Crippen molar-refractivity contribution in [3.8, 4) is 0 Å². The van der Waals surface area contributed by atoms with Crippen molar-refractivity contribution in [1.82, 2.24) is 0 Å². The summed E-state index contributed by atoms with van der Waals surface area (Å²) in [5.41, 5.74) is 3.61. The van der Waals surface area contributed by atoms with Crippen LogP contribution in [-0.4, -0.2) is 26.1 Å². The van der Waals surface area contributed by atoms with Gasteiger partial charge in [-0.05, 0) is 74.7 Å². The van der Waals surface area contributed by atoms with Gasteiger partial charge in [-0.25, -0.2) is 8.42 Å². The lowest BCUT2D eigenvalue weighted by atomic mass is 10.1. The fourth-order valence-corrected chi connectivity index (χ4v) is 4.87. The van der Waals surface area contributed by atoms with Crippen LogP contribution in [0.25, 0.3) is 0 Å². The third kappa shape index (κ3) is 3.44. The predicted octanol–water partition coefficient (Wildman–Crippen LogP) is 4.00. The van der Waals surface area contributed by atoms with Gasteiger partial charge in [-0.1, -0.05) is 11.6 Å². The summed E-state index contributed by atoms with van der Waals surface area (Å²) in [5, 5.41) is 3.49. The van der Waals surface area contributed by atoms with E-state index in [2.05, 4.69) is 5.32 Å². The second-order valence-electron chi connectivity index (χ2n) is 6.51. The van der Waals surface area contributed by atoms with Gasteiger partial charge in [0.2, 0.25) is 10.0 Å². The molecule has 1 N–H and O–H groups in total. The lowest BCUT2D eigenvalue weighted by molar-refractivity contribution is 0.102. The molecule has 7 heteroatoms. The van der Waals surface area contributed by atoms with Crippen LogP contribution in [0.5, 0.6) is 0 Å². The highest BCUT2D eigenvalue weighted by molar-refractivity contribution is 7.92. The number of sulfonamides is 1. The molecule has 1 aliphatic rings. The van der Waals surface area contributed by atoms with E-state index in [-0.39, 0.29) is 17.7 Å². The first-order valence-electron chi connectivity index (χ1n) is 8.45. The molecule has 2 aromatic rings. The molecular weight excluding hydrogens is 372 g/mol. The Kier molecular flexibility index (Phi) is 4.99. The molecule has 0 fully saturated rings. The van der Waals surface area contributed by atoms with E-state index in [1.807, 2.05) is 13.8 Å². The Labute approximate surface area is 159 Å². The van der Waals surface area contributed by atoms with Crippen LogP contribution in [0.3, 0.4) is 0 Å². The summed E-state index contributed by atoms with van der Waals surface area (Å²) in [5.74, 6) is -0.183. The molecular formula is C19H21ClN2O3S. The van der Waals surface area contributed by atoms with E-state index >= 15 is 0 Å². The van der Waals surface area contributed by atoms with Gasteiger partial charge < -0.3 is 5.32 Å². The molecule has 0 saturated heterocycles. The lowest BCUT2D eigenvalue weighted by Crippen LogP contribution is -2.36. The van der Waals surface area contributed by atoms with E-state index < -0.39 is 10.0 Å². The first kappa shape index (κ1) is 18.7. The Balaban J connectivity index is 1.88. The lowest BCUT2D eigenvalue weighted by Gasteiger charge is -2.23. The zero-order valence-corrected chi connectivity index (χ0v) is 16.5. The number of rotatable bonds is 4. The van der Waals surface area contributed by atoms with Crippen molar-refractivity contribution >= 4 is 38.9 Å². The second-order valence-corrected chi connectivity index (χ2v) is 9.08. The van der Waals surface area contributed by atoms with Crippen molar-refractivity contribution in [2.24, 2.45) is 0 Å². The molecule has 1 amide bonds. The molecule has 26 heavy (non-hydrogen) atoms. The molecule has 138 valence electrons. The monoisotopic (exact) mass is 392 g/mol. The van der Waals surface area contributed by atoms with Gasteiger partial charge in [0.05, 0.1) is 11.4 Å². The number of halogens is 1. The van der Waals surface area contributed by atoms with E-state index in [0.717, 1.165) is 11.1 Å². The van der Waals surface area contributed by atoms with E-state index in [1.165, 1.54) is 4.31 Å². The fraction of sp³-hybridized carbons (Fsp3) is 0.316. The molecule has 0 radical (unpaired) electrons. The summed E-state index contributed by atoms with van der Waals surface area (Å²) < 4.78 is 26.1. The number of anilines is 2. The summed E-state index contributed by atoms with van der Waals surface area (Å²) >= 11 is 5.94. The molecule has 3 rings (SSSR count). The van der Waals surface area contributed by atoms with E-state index in [9.17, 15) is 13.2 Å². The van der Waals surface area contributed by atoms with E-state index in [4.69, 9.17) is 11.6 Å². The van der Waals surface area contributed by atoms with Crippen molar-refractivity contribution in [3.05, 3.63) is 58.1 Å². The number of carbonyl (C=O) groups excluding carboxylic acids is 1. The molecule has 0 aromatic heterocycles.